The Morgan fingerprint density at radius 2 is 1.86 bits per heavy atom. The summed E-state index contributed by atoms with van der Waals surface area (Å²) in [7, 11) is 0. The van der Waals surface area contributed by atoms with Crippen molar-refractivity contribution in [2.45, 2.75) is 50.5 Å². The Balaban J connectivity index is 1.65. The third-order valence-corrected chi connectivity index (χ3v) is 5.00. The summed E-state index contributed by atoms with van der Waals surface area (Å²) < 4.78 is 0. The molecule has 0 aliphatic heterocycles. The molecule has 21 heavy (non-hydrogen) atoms. The molecule has 2 aliphatic carbocycles. The molecule has 0 radical (unpaired) electrons. The number of nitrogens with two attached hydrogens (primary N) is 1. The van der Waals surface area contributed by atoms with E-state index in [4.69, 9.17) is 5.73 Å². The molecule has 1 amide bonds. The van der Waals surface area contributed by atoms with Crippen LogP contribution in [0.5, 0.6) is 0 Å². The highest BCUT2D eigenvalue weighted by Crippen LogP contribution is 2.48. The van der Waals surface area contributed by atoms with E-state index in [9.17, 15) is 4.79 Å². The molecular weight excluding hydrogens is 260 g/mol. The van der Waals surface area contributed by atoms with Gasteiger partial charge in [-0.15, -0.1) is 0 Å². The van der Waals surface area contributed by atoms with Gasteiger partial charge >= 0.3 is 0 Å². The van der Waals surface area contributed by atoms with Crippen LogP contribution in [0.2, 0.25) is 0 Å². The van der Waals surface area contributed by atoms with E-state index in [1.165, 1.54) is 24.8 Å². The van der Waals surface area contributed by atoms with Gasteiger partial charge in [-0.05, 0) is 30.7 Å². The van der Waals surface area contributed by atoms with Gasteiger partial charge in [0.25, 0.3) is 0 Å². The maximum Gasteiger partial charge on any atom is 0.226 e. The lowest BCUT2D eigenvalue weighted by Crippen LogP contribution is -2.45. The Kier molecular flexibility index (Phi) is 4.59. The van der Waals surface area contributed by atoms with Crippen LogP contribution in [0.3, 0.4) is 0 Å². The fourth-order valence-electron chi connectivity index (χ4n) is 3.75. The minimum Gasteiger partial charge on any atom is -0.338 e. The minimum absolute atomic E-state index is 0.195. The van der Waals surface area contributed by atoms with Crippen LogP contribution in [0.4, 0.5) is 0 Å². The lowest BCUT2D eigenvalue weighted by molar-refractivity contribution is -0.135. The van der Waals surface area contributed by atoms with Crippen molar-refractivity contribution < 1.29 is 4.79 Å². The second-order valence-corrected chi connectivity index (χ2v) is 6.47. The van der Waals surface area contributed by atoms with E-state index in [2.05, 4.69) is 29.2 Å². The van der Waals surface area contributed by atoms with Crippen LogP contribution >= 0.6 is 0 Å². The van der Waals surface area contributed by atoms with Crippen molar-refractivity contribution in [3.8, 4) is 0 Å². The van der Waals surface area contributed by atoms with Crippen LogP contribution in [0.1, 0.15) is 50.0 Å². The van der Waals surface area contributed by atoms with Crippen molar-refractivity contribution in [2.75, 3.05) is 13.1 Å². The van der Waals surface area contributed by atoms with Crippen molar-refractivity contribution in [1.82, 2.24) is 4.90 Å². The Labute approximate surface area is 127 Å². The SMILES string of the molecule is NCCN(C(=O)C1CC1c1ccccc1)C1CCCCC1. The molecule has 3 heteroatoms. The molecule has 1 aromatic carbocycles. The first-order valence-corrected chi connectivity index (χ1v) is 8.36. The van der Waals surface area contributed by atoms with Gasteiger partial charge < -0.3 is 10.6 Å². The van der Waals surface area contributed by atoms with Gasteiger partial charge in [0, 0.05) is 25.0 Å². The number of amides is 1. The second-order valence-electron chi connectivity index (χ2n) is 6.47. The Morgan fingerprint density at radius 3 is 2.52 bits per heavy atom. The number of benzene rings is 1. The Morgan fingerprint density at radius 1 is 1.14 bits per heavy atom. The first kappa shape index (κ1) is 14.6. The zero-order chi connectivity index (χ0) is 14.7. The highest BCUT2D eigenvalue weighted by Gasteiger charge is 2.46. The lowest BCUT2D eigenvalue weighted by Gasteiger charge is -2.34. The molecule has 0 bridgehead atoms. The molecule has 1 aromatic rings. The average molecular weight is 286 g/mol. The fourth-order valence-corrected chi connectivity index (χ4v) is 3.75. The van der Waals surface area contributed by atoms with Crippen molar-refractivity contribution >= 4 is 5.91 Å². The lowest BCUT2D eigenvalue weighted by atomic mass is 9.93. The zero-order valence-corrected chi connectivity index (χ0v) is 12.7. The molecule has 2 fully saturated rings. The number of hydrogen-bond acceptors (Lipinski definition) is 2. The van der Waals surface area contributed by atoms with Gasteiger partial charge in [-0.3, -0.25) is 4.79 Å². The molecule has 0 spiro atoms. The van der Waals surface area contributed by atoms with E-state index in [0.29, 0.717) is 24.4 Å². The van der Waals surface area contributed by atoms with E-state index in [1.807, 2.05) is 6.07 Å². The van der Waals surface area contributed by atoms with Crippen molar-refractivity contribution in [3.05, 3.63) is 35.9 Å². The number of carbonyl (C=O) groups is 1. The normalized spacial score (nSPS) is 25.6. The van der Waals surface area contributed by atoms with Crippen LogP contribution in [0.25, 0.3) is 0 Å². The van der Waals surface area contributed by atoms with Gasteiger partial charge in [-0.25, -0.2) is 0 Å². The van der Waals surface area contributed by atoms with Crippen LogP contribution in [0, 0.1) is 5.92 Å². The van der Waals surface area contributed by atoms with Crippen molar-refractivity contribution in [2.24, 2.45) is 11.7 Å². The minimum atomic E-state index is 0.195. The first-order chi connectivity index (χ1) is 10.3. The van der Waals surface area contributed by atoms with E-state index >= 15 is 0 Å². The molecule has 2 N–H and O–H groups in total. The summed E-state index contributed by atoms with van der Waals surface area (Å²) in [5.74, 6) is 0.977. The first-order valence-electron chi connectivity index (χ1n) is 8.36. The van der Waals surface area contributed by atoms with Gasteiger partial charge in [0.05, 0.1) is 0 Å². The topological polar surface area (TPSA) is 46.3 Å². The van der Waals surface area contributed by atoms with E-state index < -0.39 is 0 Å². The molecule has 2 atom stereocenters. The predicted molar refractivity (Wildman–Crippen MR) is 84.9 cm³/mol. The molecule has 3 rings (SSSR count). The smallest absolute Gasteiger partial charge is 0.226 e. The van der Waals surface area contributed by atoms with E-state index in [-0.39, 0.29) is 5.92 Å². The third kappa shape index (κ3) is 3.29. The van der Waals surface area contributed by atoms with Crippen LogP contribution < -0.4 is 5.73 Å². The van der Waals surface area contributed by atoms with Gasteiger partial charge in [0.1, 0.15) is 0 Å². The number of carbonyl (C=O) groups excluding carboxylic acids is 1. The fraction of sp³-hybridized carbons (Fsp3) is 0.611. The number of hydrogen-bond donors (Lipinski definition) is 1. The summed E-state index contributed by atoms with van der Waals surface area (Å²) in [5, 5.41) is 0. The highest BCUT2D eigenvalue weighted by atomic mass is 16.2. The predicted octanol–water partition coefficient (Wildman–Crippen LogP) is 2.91. The van der Waals surface area contributed by atoms with Gasteiger partial charge in [0.15, 0.2) is 0 Å². The molecule has 0 heterocycles. The van der Waals surface area contributed by atoms with Gasteiger partial charge in [0.2, 0.25) is 5.91 Å². The second kappa shape index (κ2) is 6.61. The summed E-state index contributed by atoms with van der Waals surface area (Å²) in [6.07, 6.45) is 7.16. The molecule has 2 unspecified atom stereocenters. The summed E-state index contributed by atoms with van der Waals surface area (Å²) >= 11 is 0. The number of nitrogens with zero attached hydrogens (tertiary/aromatic N) is 1. The van der Waals surface area contributed by atoms with Crippen LogP contribution in [0.15, 0.2) is 30.3 Å². The monoisotopic (exact) mass is 286 g/mol. The molecule has 114 valence electrons. The molecule has 3 nitrogen and oxygen atoms in total. The largest absolute Gasteiger partial charge is 0.338 e. The Hall–Kier alpha value is -1.35. The van der Waals surface area contributed by atoms with E-state index in [0.717, 1.165) is 25.8 Å². The summed E-state index contributed by atoms with van der Waals surface area (Å²) in [6, 6.07) is 10.9. The zero-order valence-electron chi connectivity index (χ0n) is 12.7. The maximum absolute atomic E-state index is 12.8. The highest BCUT2D eigenvalue weighted by molar-refractivity contribution is 5.83. The molecule has 2 aliphatic rings. The van der Waals surface area contributed by atoms with Gasteiger partial charge in [-0.2, -0.15) is 0 Å². The van der Waals surface area contributed by atoms with Crippen molar-refractivity contribution in [3.63, 3.8) is 0 Å². The number of rotatable bonds is 5. The quantitative estimate of drug-likeness (QED) is 0.904. The van der Waals surface area contributed by atoms with Crippen LogP contribution in [-0.4, -0.2) is 29.9 Å². The molecular formula is C18H26N2O. The summed E-state index contributed by atoms with van der Waals surface area (Å²) in [6.45, 7) is 1.30. The molecule has 0 saturated heterocycles. The molecule has 2 saturated carbocycles. The summed E-state index contributed by atoms with van der Waals surface area (Å²) in [4.78, 5) is 15.0. The Bertz CT molecular complexity index is 467. The van der Waals surface area contributed by atoms with Gasteiger partial charge in [-0.1, -0.05) is 49.6 Å². The summed E-state index contributed by atoms with van der Waals surface area (Å²) in [5.41, 5.74) is 7.06. The third-order valence-electron chi connectivity index (χ3n) is 5.00. The average Bonchev–Trinajstić information content (AvgIpc) is 3.34. The standard InChI is InChI=1S/C18H26N2O/c19-11-12-20(15-9-5-2-6-10-15)18(21)17-13-16(17)14-7-3-1-4-8-14/h1,3-4,7-8,15-17H,2,5-6,9-13,19H2. The van der Waals surface area contributed by atoms with Crippen molar-refractivity contribution in [1.29, 1.82) is 0 Å². The van der Waals surface area contributed by atoms with E-state index in [1.54, 1.807) is 0 Å². The molecule has 0 aromatic heterocycles. The maximum atomic E-state index is 12.8. The van der Waals surface area contributed by atoms with Crippen LogP contribution in [-0.2, 0) is 4.79 Å².